The van der Waals surface area contributed by atoms with Crippen LogP contribution in [0.25, 0.3) is 11.6 Å². The van der Waals surface area contributed by atoms with Crippen LogP contribution >= 0.6 is 0 Å². The standard InChI is InChI=1S/C12H12.C2H6/c1-10-6-2-3-7-11-8-4-5-9-12(10)11;1-2/h3-9H,2H2,1H3;1-2H3. The first-order chi connectivity index (χ1) is 6.88. The monoisotopic (exact) mass is 186 g/mol. The highest BCUT2D eigenvalue weighted by Crippen LogP contribution is 2.23. The molecule has 0 unspecified atom stereocenters. The Balaban J connectivity index is 0.000000461. The summed E-state index contributed by atoms with van der Waals surface area (Å²) in [7, 11) is 0. The number of rotatable bonds is 0. The lowest BCUT2D eigenvalue weighted by Crippen LogP contribution is -1.82. The third kappa shape index (κ3) is 2.35. The first kappa shape index (κ1) is 10.8. The Kier molecular flexibility index (Phi) is 4.18. The summed E-state index contributed by atoms with van der Waals surface area (Å²) in [6.07, 6.45) is 7.72. The Morgan fingerprint density at radius 3 is 2.57 bits per heavy atom. The molecule has 0 heterocycles. The summed E-state index contributed by atoms with van der Waals surface area (Å²) in [4.78, 5) is 0. The molecule has 14 heavy (non-hydrogen) atoms. The van der Waals surface area contributed by atoms with Crippen molar-refractivity contribution in [1.29, 1.82) is 0 Å². The summed E-state index contributed by atoms with van der Waals surface area (Å²) in [6.45, 7) is 6.17. The highest BCUT2D eigenvalue weighted by Gasteiger charge is 2.01. The normalized spacial score (nSPS) is 13.2. The summed E-state index contributed by atoms with van der Waals surface area (Å²) in [5.41, 5.74) is 4.09. The molecule has 0 aliphatic heterocycles. The highest BCUT2D eigenvalue weighted by atomic mass is 14.1. The number of fused-ring (bicyclic) bond motifs is 1. The molecular weight excluding hydrogens is 168 g/mol. The van der Waals surface area contributed by atoms with E-state index in [9.17, 15) is 0 Å². The van der Waals surface area contributed by atoms with E-state index in [-0.39, 0.29) is 0 Å². The van der Waals surface area contributed by atoms with Crippen molar-refractivity contribution in [3.8, 4) is 0 Å². The Morgan fingerprint density at radius 1 is 1.07 bits per heavy atom. The van der Waals surface area contributed by atoms with Gasteiger partial charge in [0, 0.05) is 0 Å². The molecule has 1 aromatic rings. The van der Waals surface area contributed by atoms with Crippen LogP contribution in [-0.2, 0) is 0 Å². The summed E-state index contributed by atoms with van der Waals surface area (Å²) < 4.78 is 0. The number of benzene rings is 1. The zero-order chi connectivity index (χ0) is 10.4. The van der Waals surface area contributed by atoms with Gasteiger partial charge in [-0.05, 0) is 30.0 Å². The fraction of sp³-hybridized carbons (Fsp3) is 0.286. The van der Waals surface area contributed by atoms with Crippen LogP contribution in [0.5, 0.6) is 0 Å². The molecule has 0 nitrogen and oxygen atoms in total. The second-order valence-corrected chi connectivity index (χ2v) is 3.11. The van der Waals surface area contributed by atoms with Crippen molar-refractivity contribution in [3.63, 3.8) is 0 Å². The maximum Gasteiger partial charge on any atom is -0.0158 e. The zero-order valence-electron chi connectivity index (χ0n) is 9.25. The minimum Gasteiger partial charge on any atom is -0.0801 e. The lowest BCUT2D eigenvalue weighted by Gasteiger charge is -2.03. The van der Waals surface area contributed by atoms with Crippen LogP contribution in [0.15, 0.2) is 36.4 Å². The van der Waals surface area contributed by atoms with Gasteiger partial charge in [-0.1, -0.05) is 56.3 Å². The van der Waals surface area contributed by atoms with Crippen LogP contribution in [0.2, 0.25) is 0 Å². The molecule has 0 bridgehead atoms. The van der Waals surface area contributed by atoms with Gasteiger partial charge in [0.25, 0.3) is 0 Å². The largest absolute Gasteiger partial charge is 0.0801 e. The molecule has 2 rings (SSSR count). The zero-order valence-corrected chi connectivity index (χ0v) is 9.25. The van der Waals surface area contributed by atoms with E-state index >= 15 is 0 Å². The van der Waals surface area contributed by atoms with Gasteiger partial charge in [-0.2, -0.15) is 0 Å². The van der Waals surface area contributed by atoms with Crippen molar-refractivity contribution < 1.29 is 0 Å². The van der Waals surface area contributed by atoms with Gasteiger partial charge < -0.3 is 0 Å². The van der Waals surface area contributed by atoms with Crippen molar-refractivity contribution >= 4 is 11.6 Å². The molecule has 0 saturated carbocycles. The second-order valence-electron chi connectivity index (χ2n) is 3.11. The average molecular weight is 186 g/mol. The Morgan fingerprint density at radius 2 is 1.79 bits per heavy atom. The molecule has 1 aliphatic rings. The summed E-state index contributed by atoms with van der Waals surface area (Å²) in [6, 6.07) is 8.52. The average Bonchev–Trinajstić information content (AvgIpc) is 2.45. The van der Waals surface area contributed by atoms with Crippen LogP contribution in [0, 0.1) is 0 Å². The van der Waals surface area contributed by atoms with Gasteiger partial charge in [-0.3, -0.25) is 0 Å². The minimum absolute atomic E-state index is 1.06. The van der Waals surface area contributed by atoms with Gasteiger partial charge in [-0.15, -0.1) is 0 Å². The summed E-state index contributed by atoms with van der Waals surface area (Å²) in [5, 5.41) is 0. The lowest BCUT2D eigenvalue weighted by molar-refractivity contribution is 1.41. The number of hydrogen-bond donors (Lipinski definition) is 0. The Labute approximate surface area is 87.0 Å². The third-order valence-corrected chi connectivity index (χ3v) is 2.24. The first-order valence-corrected chi connectivity index (χ1v) is 5.30. The predicted molar refractivity (Wildman–Crippen MR) is 65.1 cm³/mol. The predicted octanol–water partition coefficient (Wildman–Crippen LogP) is 4.53. The smallest absolute Gasteiger partial charge is 0.0158 e. The van der Waals surface area contributed by atoms with Gasteiger partial charge in [0.1, 0.15) is 0 Å². The molecular formula is C14H18. The van der Waals surface area contributed by atoms with Gasteiger partial charge in [-0.25, -0.2) is 0 Å². The maximum atomic E-state index is 2.27. The SMILES string of the molecule is CC.CC1=CCC=Cc2ccccc21. The molecule has 74 valence electrons. The molecule has 0 radical (unpaired) electrons. The molecule has 1 aromatic carbocycles. The molecule has 0 fully saturated rings. The van der Waals surface area contributed by atoms with E-state index < -0.39 is 0 Å². The summed E-state index contributed by atoms with van der Waals surface area (Å²) >= 11 is 0. The van der Waals surface area contributed by atoms with E-state index in [2.05, 4.69) is 49.4 Å². The van der Waals surface area contributed by atoms with Crippen LogP contribution in [-0.4, -0.2) is 0 Å². The Bertz CT molecular complexity index is 343. The van der Waals surface area contributed by atoms with E-state index in [1.165, 1.54) is 16.7 Å². The van der Waals surface area contributed by atoms with E-state index in [0.29, 0.717) is 0 Å². The van der Waals surface area contributed by atoms with Gasteiger partial charge in [0.2, 0.25) is 0 Å². The van der Waals surface area contributed by atoms with Crippen molar-refractivity contribution in [3.05, 3.63) is 47.5 Å². The molecule has 0 saturated heterocycles. The summed E-state index contributed by atoms with van der Waals surface area (Å²) in [5.74, 6) is 0. The third-order valence-electron chi connectivity index (χ3n) is 2.24. The quantitative estimate of drug-likeness (QED) is 0.558. The molecule has 0 spiro atoms. The maximum absolute atomic E-state index is 2.27. The molecule has 0 atom stereocenters. The van der Waals surface area contributed by atoms with Crippen molar-refractivity contribution in [2.75, 3.05) is 0 Å². The van der Waals surface area contributed by atoms with E-state index in [1.807, 2.05) is 13.8 Å². The molecule has 0 amide bonds. The number of hydrogen-bond acceptors (Lipinski definition) is 0. The van der Waals surface area contributed by atoms with Crippen LogP contribution in [0.1, 0.15) is 38.3 Å². The molecule has 0 N–H and O–H groups in total. The fourth-order valence-electron chi connectivity index (χ4n) is 1.55. The van der Waals surface area contributed by atoms with Crippen LogP contribution in [0.4, 0.5) is 0 Å². The van der Waals surface area contributed by atoms with Crippen molar-refractivity contribution in [2.45, 2.75) is 27.2 Å². The minimum atomic E-state index is 1.06. The van der Waals surface area contributed by atoms with Crippen LogP contribution < -0.4 is 0 Å². The first-order valence-electron chi connectivity index (χ1n) is 5.30. The second kappa shape index (κ2) is 5.43. The van der Waals surface area contributed by atoms with Gasteiger partial charge >= 0.3 is 0 Å². The van der Waals surface area contributed by atoms with Crippen molar-refractivity contribution in [1.82, 2.24) is 0 Å². The van der Waals surface area contributed by atoms with E-state index in [4.69, 9.17) is 0 Å². The van der Waals surface area contributed by atoms with E-state index in [1.54, 1.807) is 0 Å². The molecule has 1 aliphatic carbocycles. The lowest BCUT2D eigenvalue weighted by atomic mass is 10.0. The topological polar surface area (TPSA) is 0 Å². The van der Waals surface area contributed by atoms with Gasteiger partial charge in [0.05, 0.1) is 0 Å². The van der Waals surface area contributed by atoms with Gasteiger partial charge in [0.15, 0.2) is 0 Å². The molecule has 0 aromatic heterocycles. The highest BCUT2D eigenvalue weighted by molar-refractivity contribution is 5.74. The Hall–Kier alpha value is -1.30. The number of allylic oxidation sites excluding steroid dienone is 3. The van der Waals surface area contributed by atoms with Crippen molar-refractivity contribution in [2.24, 2.45) is 0 Å². The molecule has 0 heteroatoms. The van der Waals surface area contributed by atoms with Crippen LogP contribution in [0.3, 0.4) is 0 Å². The fourth-order valence-corrected chi connectivity index (χ4v) is 1.55. The van der Waals surface area contributed by atoms with E-state index in [0.717, 1.165) is 6.42 Å².